The minimum Gasteiger partial charge on any atom is -0.477 e. The Hall–Kier alpha value is -2.77. The van der Waals surface area contributed by atoms with Crippen LogP contribution in [0.3, 0.4) is 0 Å². The molecular formula is C10H5FN2O5. The molecule has 0 unspecified atom stereocenters. The SMILES string of the molecule is O=C(O)c1cc2cc(F)c([N+](=O)[O-])cc2[nH]c1=O. The van der Waals surface area contributed by atoms with Crippen LogP contribution in [-0.2, 0) is 0 Å². The van der Waals surface area contributed by atoms with E-state index >= 15 is 0 Å². The number of rotatable bonds is 2. The lowest BCUT2D eigenvalue weighted by Gasteiger charge is -2.01. The van der Waals surface area contributed by atoms with Crippen molar-refractivity contribution in [2.75, 3.05) is 0 Å². The van der Waals surface area contributed by atoms with Gasteiger partial charge in [0.05, 0.1) is 10.4 Å². The first-order valence-corrected chi connectivity index (χ1v) is 4.64. The van der Waals surface area contributed by atoms with Crippen molar-refractivity contribution in [3.8, 4) is 0 Å². The molecular weight excluding hydrogens is 247 g/mol. The summed E-state index contributed by atoms with van der Waals surface area (Å²) in [6, 6.07) is 2.61. The van der Waals surface area contributed by atoms with Crippen LogP contribution in [0.15, 0.2) is 23.0 Å². The Balaban J connectivity index is 2.82. The molecule has 2 rings (SSSR count). The highest BCUT2D eigenvalue weighted by atomic mass is 19.1. The van der Waals surface area contributed by atoms with Crippen LogP contribution < -0.4 is 5.56 Å². The van der Waals surface area contributed by atoms with E-state index in [1.165, 1.54) is 0 Å². The molecule has 18 heavy (non-hydrogen) atoms. The molecule has 92 valence electrons. The molecule has 1 aromatic carbocycles. The summed E-state index contributed by atoms with van der Waals surface area (Å²) in [5.74, 6) is -2.56. The summed E-state index contributed by atoms with van der Waals surface area (Å²) in [5.41, 5.74) is -2.26. The van der Waals surface area contributed by atoms with Crippen molar-refractivity contribution >= 4 is 22.6 Å². The number of carbonyl (C=O) groups is 1. The van der Waals surface area contributed by atoms with E-state index in [-0.39, 0.29) is 10.9 Å². The lowest BCUT2D eigenvalue weighted by atomic mass is 10.1. The van der Waals surface area contributed by atoms with Crippen LogP contribution in [0.4, 0.5) is 10.1 Å². The molecule has 0 radical (unpaired) electrons. The van der Waals surface area contributed by atoms with Crippen molar-refractivity contribution in [3.05, 3.63) is 50.0 Å². The molecule has 0 aliphatic carbocycles. The van der Waals surface area contributed by atoms with Crippen LogP contribution >= 0.6 is 0 Å². The first-order valence-electron chi connectivity index (χ1n) is 4.64. The zero-order valence-corrected chi connectivity index (χ0v) is 8.64. The Bertz CT molecular complexity index is 737. The summed E-state index contributed by atoms with van der Waals surface area (Å²) in [4.78, 5) is 33.8. The number of nitrogens with zero attached hydrogens (tertiary/aromatic N) is 1. The van der Waals surface area contributed by atoms with Crippen molar-refractivity contribution in [2.24, 2.45) is 0 Å². The topological polar surface area (TPSA) is 113 Å². The molecule has 8 heteroatoms. The quantitative estimate of drug-likeness (QED) is 0.617. The molecule has 0 saturated heterocycles. The highest BCUT2D eigenvalue weighted by molar-refractivity contribution is 5.92. The van der Waals surface area contributed by atoms with Crippen molar-refractivity contribution < 1.29 is 19.2 Å². The Morgan fingerprint density at radius 3 is 2.61 bits per heavy atom. The number of aromatic amines is 1. The third-order valence-electron chi connectivity index (χ3n) is 2.34. The number of aromatic carboxylic acids is 1. The number of aromatic nitrogens is 1. The van der Waals surface area contributed by atoms with E-state index in [2.05, 4.69) is 4.98 Å². The van der Waals surface area contributed by atoms with Gasteiger partial charge >= 0.3 is 11.7 Å². The van der Waals surface area contributed by atoms with E-state index in [9.17, 15) is 24.1 Å². The second kappa shape index (κ2) is 3.91. The first-order chi connectivity index (χ1) is 8.40. The molecule has 0 aliphatic rings. The number of pyridine rings is 1. The number of fused-ring (bicyclic) bond motifs is 1. The minimum atomic E-state index is -1.46. The molecule has 0 fully saturated rings. The molecule has 0 aliphatic heterocycles. The van der Waals surface area contributed by atoms with Gasteiger partial charge in [-0.05, 0) is 12.1 Å². The molecule has 7 nitrogen and oxygen atoms in total. The van der Waals surface area contributed by atoms with Gasteiger partial charge < -0.3 is 10.1 Å². The van der Waals surface area contributed by atoms with Crippen LogP contribution in [0.5, 0.6) is 0 Å². The van der Waals surface area contributed by atoms with Gasteiger partial charge in [-0.1, -0.05) is 0 Å². The van der Waals surface area contributed by atoms with Crippen LogP contribution in [0.2, 0.25) is 0 Å². The highest BCUT2D eigenvalue weighted by Crippen LogP contribution is 2.22. The average molecular weight is 252 g/mol. The van der Waals surface area contributed by atoms with Gasteiger partial charge in [0, 0.05) is 11.5 Å². The van der Waals surface area contributed by atoms with Crippen molar-refractivity contribution in [2.45, 2.75) is 0 Å². The Labute approximate surface area is 97.6 Å². The van der Waals surface area contributed by atoms with Gasteiger partial charge in [0.2, 0.25) is 5.82 Å². The van der Waals surface area contributed by atoms with E-state index in [4.69, 9.17) is 5.11 Å². The zero-order valence-electron chi connectivity index (χ0n) is 8.64. The number of hydrogen-bond donors (Lipinski definition) is 2. The number of halogens is 1. The van der Waals surface area contributed by atoms with E-state index in [0.717, 1.165) is 18.2 Å². The van der Waals surface area contributed by atoms with Crippen molar-refractivity contribution in [3.63, 3.8) is 0 Å². The summed E-state index contributed by atoms with van der Waals surface area (Å²) in [5, 5.41) is 19.3. The molecule has 0 atom stereocenters. The van der Waals surface area contributed by atoms with Crippen LogP contribution in [-0.4, -0.2) is 21.0 Å². The lowest BCUT2D eigenvalue weighted by Crippen LogP contribution is -2.17. The largest absolute Gasteiger partial charge is 0.477 e. The fraction of sp³-hybridized carbons (Fsp3) is 0. The Kier molecular flexibility index (Phi) is 2.55. The van der Waals surface area contributed by atoms with Crippen molar-refractivity contribution in [1.82, 2.24) is 4.98 Å². The van der Waals surface area contributed by atoms with E-state index < -0.39 is 33.5 Å². The third-order valence-corrected chi connectivity index (χ3v) is 2.34. The van der Waals surface area contributed by atoms with Crippen LogP contribution in [0.1, 0.15) is 10.4 Å². The molecule has 0 spiro atoms. The fourth-order valence-electron chi connectivity index (χ4n) is 1.51. The Morgan fingerprint density at radius 1 is 1.39 bits per heavy atom. The van der Waals surface area contributed by atoms with Crippen molar-refractivity contribution in [1.29, 1.82) is 0 Å². The summed E-state index contributed by atoms with van der Waals surface area (Å²) in [7, 11) is 0. The van der Waals surface area contributed by atoms with E-state index in [1.54, 1.807) is 0 Å². The first kappa shape index (κ1) is 11.7. The summed E-state index contributed by atoms with van der Waals surface area (Å²) < 4.78 is 13.3. The summed E-state index contributed by atoms with van der Waals surface area (Å²) in [6.07, 6.45) is 0. The monoisotopic (exact) mass is 252 g/mol. The molecule has 1 heterocycles. The molecule has 0 saturated carbocycles. The number of nitro benzene ring substituents is 1. The maximum atomic E-state index is 13.3. The lowest BCUT2D eigenvalue weighted by molar-refractivity contribution is -0.387. The summed E-state index contributed by atoms with van der Waals surface area (Å²) in [6.45, 7) is 0. The standard InChI is InChI=1S/C10H5FN2O5/c11-6-2-4-1-5(10(15)16)9(14)12-7(4)3-8(6)13(17)18/h1-3H,(H,12,14)(H,15,16). The number of hydrogen-bond acceptors (Lipinski definition) is 4. The second-order valence-electron chi connectivity index (χ2n) is 3.47. The maximum Gasteiger partial charge on any atom is 0.341 e. The second-order valence-corrected chi connectivity index (χ2v) is 3.47. The third kappa shape index (κ3) is 1.79. The smallest absolute Gasteiger partial charge is 0.341 e. The number of carboxylic acid groups (broad SMARTS) is 1. The number of nitrogens with one attached hydrogen (secondary N) is 1. The van der Waals surface area contributed by atoms with E-state index in [1.807, 2.05) is 0 Å². The normalized spacial score (nSPS) is 10.5. The van der Waals surface area contributed by atoms with Gasteiger partial charge in [-0.2, -0.15) is 4.39 Å². The summed E-state index contributed by atoms with van der Waals surface area (Å²) >= 11 is 0. The molecule has 2 aromatic rings. The molecule has 1 aromatic heterocycles. The number of benzene rings is 1. The van der Waals surface area contributed by atoms with Gasteiger partial charge in [0.1, 0.15) is 5.56 Å². The predicted molar refractivity (Wildman–Crippen MR) is 58.1 cm³/mol. The van der Waals surface area contributed by atoms with Crippen LogP contribution in [0.25, 0.3) is 10.9 Å². The number of carboxylic acids is 1. The maximum absolute atomic E-state index is 13.3. The van der Waals surface area contributed by atoms with Gasteiger partial charge in [-0.25, -0.2) is 4.79 Å². The molecule has 0 bridgehead atoms. The van der Waals surface area contributed by atoms with Gasteiger partial charge in [0.15, 0.2) is 0 Å². The fourth-order valence-corrected chi connectivity index (χ4v) is 1.51. The number of H-pyrrole nitrogens is 1. The molecule has 2 N–H and O–H groups in total. The highest BCUT2D eigenvalue weighted by Gasteiger charge is 2.17. The van der Waals surface area contributed by atoms with Gasteiger partial charge in [-0.3, -0.25) is 14.9 Å². The van der Waals surface area contributed by atoms with E-state index in [0.29, 0.717) is 0 Å². The Morgan fingerprint density at radius 2 is 2.06 bits per heavy atom. The van der Waals surface area contributed by atoms with Gasteiger partial charge in [0.25, 0.3) is 5.56 Å². The zero-order chi connectivity index (χ0) is 13.4. The predicted octanol–water partition coefficient (Wildman–Crippen LogP) is 1.27. The number of nitro groups is 1. The van der Waals surface area contributed by atoms with Gasteiger partial charge in [-0.15, -0.1) is 0 Å². The van der Waals surface area contributed by atoms with Crippen LogP contribution in [0, 0.1) is 15.9 Å². The minimum absolute atomic E-state index is 0.00176. The molecule has 0 amide bonds. The average Bonchev–Trinajstić information content (AvgIpc) is 2.27.